The van der Waals surface area contributed by atoms with E-state index in [1.807, 2.05) is 37.5 Å². The smallest absolute Gasteiger partial charge is 0.253 e. The number of benzene rings is 1. The molecule has 1 fully saturated rings. The molecule has 1 N–H and O–H groups in total. The Balaban J connectivity index is 1.86. The molecule has 1 amide bonds. The van der Waals surface area contributed by atoms with Crippen LogP contribution in [0.3, 0.4) is 0 Å². The molecule has 2 heterocycles. The number of aliphatic hydroxyl groups is 1. The predicted molar refractivity (Wildman–Crippen MR) is 75.2 cm³/mol. The van der Waals surface area contributed by atoms with Crippen LogP contribution in [0.4, 0.5) is 0 Å². The number of nitrogens with zero attached hydrogens (tertiary/aromatic N) is 3. The summed E-state index contributed by atoms with van der Waals surface area (Å²) in [6.45, 7) is 1.05. The molecule has 1 atom stereocenters. The van der Waals surface area contributed by atoms with Gasteiger partial charge < -0.3 is 10.0 Å². The molecule has 0 radical (unpaired) electrons. The van der Waals surface area contributed by atoms with Crippen LogP contribution in [0.2, 0.25) is 0 Å². The first-order chi connectivity index (χ1) is 9.63. The number of aromatic nitrogens is 2. The maximum atomic E-state index is 12.4. The lowest BCUT2D eigenvalue weighted by Crippen LogP contribution is -2.29. The molecule has 1 saturated heterocycles. The van der Waals surface area contributed by atoms with Gasteiger partial charge in [0.25, 0.3) is 5.91 Å². The van der Waals surface area contributed by atoms with Gasteiger partial charge in [-0.3, -0.25) is 9.48 Å². The molecule has 3 rings (SSSR count). The van der Waals surface area contributed by atoms with E-state index in [0.717, 1.165) is 11.1 Å². The van der Waals surface area contributed by atoms with Crippen molar-refractivity contribution in [2.45, 2.75) is 12.5 Å². The van der Waals surface area contributed by atoms with E-state index in [2.05, 4.69) is 5.10 Å². The van der Waals surface area contributed by atoms with Crippen molar-refractivity contribution in [1.29, 1.82) is 0 Å². The number of carbonyl (C=O) groups is 1. The van der Waals surface area contributed by atoms with Gasteiger partial charge in [-0.15, -0.1) is 0 Å². The van der Waals surface area contributed by atoms with E-state index in [0.29, 0.717) is 25.1 Å². The molecule has 1 aromatic heterocycles. The summed E-state index contributed by atoms with van der Waals surface area (Å²) in [5.74, 6) is -0.0210. The Morgan fingerprint density at radius 3 is 2.90 bits per heavy atom. The minimum Gasteiger partial charge on any atom is -0.391 e. The number of aryl methyl sites for hydroxylation is 1. The normalized spacial score (nSPS) is 18.5. The number of hydrogen-bond acceptors (Lipinski definition) is 3. The number of β-amino-alcohol motifs (C(OH)–C–C–N with tert-alkyl or cyclic N) is 1. The summed E-state index contributed by atoms with van der Waals surface area (Å²) >= 11 is 0. The quantitative estimate of drug-likeness (QED) is 0.895. The second kappa shape index (κ2) is 5.09. The Labute approximate surface area is 117 Å². The highest BCUT2D eigenvalue weighted by Crippen LogP contribution is 2.21. The van der Waals surface area contributed by atoms with Crippen molar-refractivity contribution >= 4 is 5.91 Å². The second-order valence-corrected chi connectivity index (χ2v) is 5.18. The van der Waals surface area contributed by atoms with Crippen LogP contribution in [0.5, 0.6) is 0 Å². The molecule has 5 nitrogen and oxygen atoms in total. The standard InChI is InChI=1S/C15H17N3O2/c1-17-9-13(8-16-17)11-3-2-4-12(7-11)15(20)18-6-5-14(19)10-18/h2-4,7-9,14,19H,5-6,10H2,1H3/t14-/m1/s1. The van der Waals surface area contributed by atoms with Gasteiger partial charge in [-0.25, -0.2) is 0 Å². The average molecular weight is 271 g/mol. The third-order valence-corrected chi connectivity index (χ3v) is 3.60. The molecule has 5 heteroatoms. The molecule has 0 spiro atoms. The number of carbonyl (C=O) groups excluding carboxylic acids is 1. The fourth-order valence-electron chi connectivity index (χ4n) is 2.51. The summed E-state index contributed by atoms with van der Waals surface area (Å²) in [6.07, 6.45) is 3.97. The number of rotatable bonds is 2. The van der Waals surface area contributed by atoms with Crippen molar-refractivity contribution in [3.8, 4) is 11.1 Å². The minimum absolute atomic E-state index is 0.0210. The third-order valence-electron chi connectivity index (χ3n) is 3.60. The van der Waals surface area contributed by atoms with Crippen molar-refractivity contribution in [2.75, 3.05) is 13.1 Å². The largest absolute Gasteiger partial charge is 0.391 e. The summed E-state index contributed by atoms with van der Waals surface area (Å²) in [4.78, 5) is 14.1. The van der Waals surface area contributed by atoms with Crippen molar-refractivity contribution < 1.29 is 9.90 Å². The van der Waals surface area contributed by atoms with Crippen LogP contribution < -0.4 is 0 Å². The molecule has 0 aliphatic carbocycles. The van der Waals surface area contributed by atoms with E-state index in [9.17, 15) is 9.90 Å². The van der Waals surface area contributed by atoms with Crippen LogP contribution in [-0.4, -0.2) is 44.9 Å². The average Bonchev–Trinajstić information content (AvgIpc) is 3.07. The van der Waals surface area contributed by atoms with Crippen LogP contribution >= 0.6 is 0 Å². The zero-order chi connectivity index (χ0) is 14.1. The molecule has 1 aliphatic rings. The Kier molecular flexibility index (Phi) is 3.28. The van der Waals surface area contributed by atoms with Crippen molar-refractivity contribution in [3.05, 3.63) is 42.2 Å². The van der Waals surface area contributed by atoms with Gasteiger partial charge in [0, 0.05) is 37.5 Å². The minimum atomic E-state index is -0.388. The van der Waals surface area contributed by atoms with Gasteiger partial charge in [0.05, 0.1) is 12.3 Å². The van der Waals surface area contributed by atoms with Gasteiger partial charge in [0.2, 0.25) is 0 Å². The first kappa shape index (κ1) is 12.9. The molecule has 104 valence electrons. The topological polar surface area (TPSA) is 58.4 Å². The highest BCUT2D eigenvalue weighted by atomic mass is 16.3. The van der Waals surface area contributed by atoms with Crippen molar-refractivity contribution in [1.82, 2.24) is 14.7 Å². The summed E-state index contributed by atoms with van der Waals surface area (Å²) < 4.78 is 1.74. The highest BCUT2D eigenvalue weighted by Gasteiger charge is 2.25. The predicted octanol–water partition coefficient (Wildman–Crippen LogP) is 1.29. The summed E-state index contributed by atoms with van der Waals surface area (Å²) in [7, 11) is 1.87. The monoisotopic (exact) mass is 271 g/mol. The Bertz CT molecular complexity index is 636. The molecule has 0 unspecified atom stereocenters. The second-order valence-electron chi connectivity index (χ2n) is 5.18. The van der Waals surface area contributed by atoms with Gasteiger partial charge in [-0.1, -0.05) is 12.1 Å². The molecule has 1 aromatic carbocycles. The van der Waals surface area contributed by atoms with E-state index < -0.39 is 0 Å². The van der Waals surface area contributed by atoms with E-state index >= 15 is 0 Å². The lowest BCUT2D eigenvalue weighted by Gasteiger charge is -2.15. The fraction of sp³-hybridized carbons (Fsp3) is 0.333. The number of hydrogen-bond donors (Lipinski definition) is 1. The molecular formula is C15H17N3O2. The van der Waals surface area contributed by atoms with Crippen molar-refractivity contribution in [3.63, 3.8) is 0 Å². The maximum absolute atomic E-state index is 12.4. The van der Waals surface area contributed by atoms with E-state index in [-0.39, 0.29) is 12.0 Å². The van der Waals surface area contributed by atoms with E-state index in [1.165, 1.54) is 0 Å². The molecule has 1 aliphatic heterocycles. The Morgan fingerprint density at radius 1 is 1.40 bits per heavy atom. The maximum Gasteiger partial charge on any atom is 0.253 e. The molecule has 20 heavy (non-hydrogen) atoms. The first-order valence-corrected chi connectivity index (χ1v) is 6.70. The van der Waals surface area contributed by atoms with Gasteiger partial charge in [0.1, 0.15) is 0 Å². The first-order valence-electron chi connectivity index (χ1n) is 6.70. The van der Waals surface area contributed by atoms with Crippen LogP contribution in [0.15, 0.2) is 36.7 Å². The fourth-order valence-corrected chi connectivity index (χ4v) is 2.51. The van der Waals surface area contributed by atoms with Crippen LogP contribution in [0.25, 0.3) is 11.1 Å². The third kappa shape index (κ3) is 2.44. The molecule has 2 aromatic rings. The number of likely N-dealkylation sites (tertiary alicyclic amines) is 1. The zero-order valence-corrected chi connectivity index (χ0v) is 11.4. The van der Waals surface area contributed by atoms with E-state index in [4.69, 9.17) is 0 Å². The molecular weight excluding hydrogens is 254 g/mol. The summed E-state index contributed by atoms with van der Waals surface area (Å²) in [6, 6.07) is 7.53. The molecule has 0 saturated carbocycles. The highest BCUT2D eigenvalue weighted by molar-refractivity contribution is 5.95. The number of aliphatic hydroxyl groups excluding tert-OH is 1. The Hall–Kier alpha value is -2.14. The van der Waals surface area contributed by atoms with Gasteiger partial charge in [0.15, 0.2) is 0 Å². The van der Waals surface area contributed by atoms with Gasteiger partial charge in [-0.2, -0.15) is 5.10 Å². The van der Waals surface area contributed by atoms with Crippen LogP contribution in [-0.2, 0) is 7.05 Å². The van der Waals surface area contributed by atoms with Crippen LogP contribution in [0, 0.1) is 0 Å². The molecule has 0 bridgehead atoms. The number of amides is 1. The zero-order valence-electron chi connectivity index (χ0n) is 11.4. The van der Waals surface area contributed by atoms with Gasteiger partial charge >= 0.3 is 0 Å². The Morgan fingerprint density at radius 2 is 2.25 bits per heavy atom. The summed E-state index contributed by atoms with van der Waals surface area (Å²) in [5.41, 5.74) is 2.62. The SMILES string of the molecule is Cn1cc(-c2cccc(C(=O)N3CC[C@@H](O)C3)c2)cn1. The lowest BCUT2D eigenvalue weighted by atomic mass is 10.1. The van der Waals surface area contributed by atoms with Gasteiger partial charge in [-0.05, 0) is 24.1 Å². The summed E-state index contributed by atoms with van der Waals surface area (Å²) in [5, 5.41) is 13.7. The lowest BCUT2D eigenvalue weighted by molar-refractivity contribution is 0.0765. The van der Waals surface area contributed by atoms with Crippen LogP contribution in [0.1, 0.15) is 16.8 Å². The van der Waals surface area contributed by atoms with E-state index in [1.54, 1.807) is 15.8 Å². The van der Waals surface area contributed by atoms with Crippen molar-refractivity contribution in [2.24, 2.45) is 7.05 Å².